The number of benzene rings is 2. The molecule has 1 amide bonds. The van der Waals surface area contributed by atoms with Crippen LogP contribution in [-0.4, -0.2) is 16.9 Å². The fourth-order valence-corrected chi connectivity index (χ4v) is 2.95. The summed E-state index contributed by atoms with van der Waals surface area (Å²) in [4.78, 5) is 16.3. The molecule has 0 radical (unpaired) electrons. The lowest BCUT2D eigenvalue weighted by Crippen LogP contribution is -2.32. The minimum absolute atomic E-state index is 0.0838. The lowest BCUT2D eigenvalue weighted by molar-refractivity contribution is -0.117. The second-order valence-electron chi connectivity index (χ2n) is 5.70. The van der Waals surface area contributed by atoms with Crippen molar-refractivity contribution in [1.82, 2.24) is 10.3 Å². The van der Waals surface area contributed by atoms with Gasteiger partial charge in [-0.15, -0.1) is 0 Å². The average molecular weight is 375 g/mol. The van der Waals surface area contributed by atoms with E-state index in [9.17, 15) is 4.79 Å². The molecule has 1 aromatic heterocycles. The molecule has 1 atom stereocenters. The summed E-state index contributed by atoms with van der Waals surface area (Å²) in [5.74, 6) is 0.171. The fourth-order valence-electron chi connectivity index (χ4n) is 2.47. The van der Waals surface area contributed by atoms with Crippen molar-refractivity contribution < 1.29 is 9.21 Å². The summed E-state index contributed by atoms with van der Waals surface area (Å²) in [6.07, 6.45) is 3.57. The van der Waals surface area contributed by atoms with Gasteiger partial charge in [0.1, 0.15) is 5.52 Å². The molecule has 25 heavy (non-hydrogen) atoms. The van der Waals surface area contributed by atoms with Crippen molar-refractivity contribution in [3.63, 3.8) is 0 Å². The smallest absolute Gasteiger partial charge is 0.244 e. The van der Waals surface area contributed by atoms with E-state index in [-0.39, 0.29) is 11.9 Å². The number of fused-ring (bicyclic) bond motifs is 1. The van der Waals surface area contributed by atoms with E-state index in [2.05, 4.69) is 10.3 Å². The third-order valence-electron chi connectivity index (χ3n) is 3.62. The topological polar surface area (TPSA) is 55.1 Å². The van der Waals surface area contributed by atoms with E-state index in [1.165, 1.54) is 6.08 Å². The number of oxazole rings is 1. The number of carbonyl (C=O) groups is 1. The molecule has 0 spiro atoms. The maximum Gasteiger partial charge on any atom is 0.244 e. The highest BCUT2D eigenvalue weighted by Gasteiger charge is 2.09. The van der Waals surface area contributed by atoms with Crippen LogP contribution in [0.1, 0.15) is 18.4 Å². The normalized spacial score (nSPS) is 12.6. The van der Waals surface area contributed by atoms with Gasteiger partial charge in [-0.2, -0.15) is 0 Å². The van der Waals surface area contributed by atoms with Gasteiger partial charge in [-0.25, -0.2) is 4.98 Å². The van der Waals surface area contributed by atoms with E-state index in [1.54, 1.807) is 18.2 Å². The molecule has 1 heterocycles. The Kier molecular flexibility index (Phi) is 5.41. The fraction of sp³-hybridized carbons (Fsp3) is 0.158. The summed E-state index contributed by atoms with van der Waals surface area (Å²) < 4.78 is 5.54. The lowest BCUT2D eigenvalue weighted by Gasteiger charge is -2.13. The number of amides is 1. The minimum atomic E-state index is -0.222. The first-order valence-corrected chi connectivity index (χ1v) is 8.55. The Labute approximate surface area is 155 Å². The predicted octanol–water partition coefficient (Wildman–Crippen LogP) is 4.90. The molecule has 4 nitrogen and oxygen atoms in total. The number of rotatable bonds is 5. The SMILES string of the molecule is CC(Cc1ccc(Cl)cc1Cl)NC(=O)C=Cc1nc2ccccc2o1. The number of nitrogens with one attached hydrogen (secondary N) is 1. The molecule has 0 saturated carbocycles. The standard InChI is InChI=1S/C19H16Cl2N2O2/c1-12(10-13-6-7-14(20)11-15(13)21)22-18(24)8-9-19-23-16-4-2-3-5-17(16)25-19/h2-9,11-12H,10H2,1H3,(H,22,24). The zero-order valence-electron chi connectivity index (χ0n) is 13.5. The van der Waals surface area contributed by atoms with Gasteiger partial charge in [-0.05, 0) is 43.2 Å². The van der Waals surface area contributed by atoms with Gasteiger partial charge >= 0.3 is 0 Å². The molecular formula is C19H16Cl2N2O2. The molecule has 0 aliphatic rings. The summed E-state index contributed by atoms with van der Waals surface area (Å²) in [6.45, 7) is 1.91. The van der Waals surface area contributed by atoms with E-state index >= 15 is 0 Å². The van der Waals surface area contributed by atoms with Gasteiger partial charge < -0.3 is 9.73 Å². The van der Waals surface area contributed by atoms with Crippen LogP contribution in [0.15, 0.2) is 53.0 Å². The molecule has 1 unspecified atom stereocenters. The maximum atomic E-state index is 12.0. The van der Waals surface area contributed by atoms with Gasteiger partial charge in [0.2, 0.25) is 11.8 Å². The van der Waals surface area contributed by atoms with Crippen LogP contribution < -0.4 is 5.32 Å². The van der Waals surface area contributed by atoms with E-state index < -0.39 is 0 Å². The van der Waals surface area contributed by atoms with Crippen molar-refractivity contribution in [1.29, 1.82) is 0 Å². The highest BCUT2D eigenvalue weighted by atomic mass is 35.5. The molecule has 3 aromatic rings. The molecular weight excluding hydrogens is 359 g/mol. The first-order chi connectivity index (χ1) is 12.0. The number of carbonyl (C=O) groups excluding carboxylic acids is 1. The Bertz CT molecular complexity index is 901. The van der Waals surface area contributed by atoms with Crippen molar-refractivity contribution in [2.75, 3.05) is 0 Å². The highest BCUT2D eigenvalue weighted by molar-refractivity contribution is 6.35. The zero-order valence-corrected chi connectivity index (χ0v) is 15.0. The van der Waals surface area contributed by atoms with Gasteiger partial charge in [0.05, 0.1) is 0 Å². The quantitative estimate of drug-likeness (QED) is 0.646. The van der Waals surface area contributed by atoms with Crippen LogP contribution in [0.2, 0.25) is 10.0 Å². The maximum absolute atomic E-state index is 12.0. The van der Waals surface area contributed by atoms with Crippen molar-refractivity contribution in [3.8, 4) is 0 Å². The molecule has 2 aromatic carbocycles. The first kappa shape index (κ1) is 17.5. The van der Waals surface area contributed by atoms with E-state index in [0.717, 1.165) is 11.1 Å². The van der Waals surface area contributed by atoms with Crippen molar-refractivity contribution in [2.24, 2.45) is 0 Å². The predicted molar refractivity (Wildman–Crippen MR) is 101 cm³/mol. The van der Waals surface area contributed by atoms with Gasteiger partial charge in [0, 0.05) is 28.2 Å². The third kappa shape index (κ3) is 4.62. The highest BCUT2D eigenvalue weighted by Crippen LogP contribution is 2.22. The number of nitrogens with zero attached hydrogens (tertiary/aromatic N) is 1. The van der Waals surface area contributed by atoms with E-state index in [4.69, 9.17) is 27.6 Å². The molecule has 0 bridgehead atoms. The van der Waals surface area contributed by atoms with Gasteiger partial charge in [0.15, 0.2) is 5.58 Å². The van der Waals surface area contributed by atoms with Crippen LogP contribution in [0.4, 0.5) is 0 Å². The molecule has 0 saturated heterocycles. The van der Waals surface area contributed by atoms with Crippen LogP contribution in [0, 0.1) is 0 Å². The van der Waals surface area contributed by atoms with Gasteiger partial charge in [-0.3, -0.25) is 4.79 Å². The van der Waals surface area contributed by atoms with Crippen LogP contribution in [0.5, 0.6) is 0 Å². The summed E-state index contributed by atoms with van der Waals surface area (Å²) in [5, 5.41) is 4.07. The van der Waals surface area contributed by atoms with Gasteiger partial charge in [0.25, 0.3) is 0 Å². The molecule has 0 aliphatic carbocycles. The Balaban J connectivity index is 1.59. The molecule has 0 fully saturated rings. The van der Waals surface area contributed by atoms with Gasteiger partial charge in [-0.1, -0.05) is 41.4 Å². The Morgan fingerprint density at radius 2 is 2.08 bits per heavy atom. The summed E-state index contributed by atoms with van der Waals surface area (Å²) in [6, 6.07) is 12.7. The lowest BCUT2D eigenvalue weighted by atomic mass is 10.1. The van der Waals surface area contributed by atoms with E-state index in [0.29, 0.717) is 27.9 Å². The number of hydrogen-bond acceptors (Lipinski definition) is 3. The largest absolute Gasteiger partial charge is 0.437 e. The van der Waals surface area contributed by atoms with Crippen LogP contribution in [0.25, 0.3) is 17.2 Å². The van der Waals surface area contributed by atoms with E-state index in [1.807, 2.05) is 37.3 Å². The summed E-state index contributed by atoms with van der Waals surface area (Å²) in [7, 11) is 0. The average Bonchev–Trinajstić information content (AvgIpc) is 2.98. The first-order valence-electron chi connectivity index (χ1n) is 7.79. The molecule has 3 rings (SSSR count). The number of halogens is 2. The zero-order chi connectivity index (χ0) is 17.8. The third-order valence-corrected chi connectivity index (χ3v) is 4.20. The van der Waals surface area contributed by atoms with Crippen LogP contribution >= 0.6 is 23.2 Å². The number of aromatic nitrogens is 1. The molecule has 6 heteroatoms. The summed E-state index contributed by atoms with van der Waals surface area (Å²) in [5.41, 5.74) is 2.38. The Morgan fingerprint density at radius 3 is 2.84 bits per heavy atom. The van der Waals surface area contributed by atoms with Crippen LogP contribution in [0.3, 0.4) is 0 Å². The monoisotopic (exact) mass is 374 g/mol. The molecule has 1 N–H and O–H groups in total. The van der Waals surface area contributed by atoms with Crippen LogP contribution in [-0.2, 0) is 11.2 Å². The molecule has 0 aliphatic heterocycles. The summed E-state index contributed by atoms with van der Waals surface area (Å²) >= 11 is 12.0. The second-order valence-corrected chi connectivity index (χ2v) is 6.55. The Hall–Kier alpha value is -2.30. The van der Waals surface area contributed by atoms with Crippen molar-refractivity contribution in [2.45, 2.75) is 19.4 Å². The minimum Gasteiger partial charge on any atom is -0.437 e. The number of para-hydroxylation sites is 2. The van der Waals surface area contributed by atoms with Crippen molar-refractivity contribution in [3.05, 3.63) is 70.0 Å². The second kappa shape index (κ2) is 7.72. The Morgan fingerprint density at radius 1 is 1.28 bits per heavy atom. The molecule has 128 valence electrons. The number of hydrogen-bond donors (Lipinski definition) is 1. The van der Waals surface area contributed by atoms with Crippen molar-refractivity contribution >= 4 is 46.3 Å².